The number of ketones is 1. The maximum absolute atomic E-state index is 13.1. The number of carbonyl (C=O) groups excluding carboxylic acids is 1. The highest BCUT2D eigenvalue weighted by Gasteiger charge is 2.28. The van der Waals surface area contributed by atoms with E-state index in [1.807, 2.05) is 35.0 Å². The van der Waals surface area contributed by atoms with Crippen LogP contribution in [-0.4, -0.2) is 42.5 Å². The van der Waals surface area contributed by atoms with Crippen molar-refractivity contribution in [3.63, 3.8) is 0 Å². The van der Waals surface area contributed by atoms with E-state index in [-0.39, 0.29) is 11.7 Å². The highest BCUT2D eigenvalue weighted by Crippen LogP contribution is 2.29. The van der Waals surface area contributed by atoms with Crippen molar-refractivity contribution in [2.45, 2.75) is 25.8 Å². The van der Waals surface area contributed by atoms with Crippen molar-refractivity contribution in [3.8, 4) is 12.3 Å². The Morgan fingerprint density at radius 2 is 1.94 bits per heavy atom. The van der Waals surface area contributed by atoms with Crippen molar-refractivity contribution >= 4 is 28.6 Å². The maximum Gasteiger partial charge on any atom is 0.328 e. The minimum atomic E-state index is -1.26. The van der Waals surface area contributed by atoms with Crippen LogP contribution >= 0.6 is 0 Å². The minimum absolute atomic E-state index is 0.00380. The Kier molecular flexibility index (Phi) is 6.67. The number of para-hydroxylation sites is 1. The standard InChI is InChI=1S/C19H17N3O.C4H4O4/c1-2-9-22-11-15(14-5-3-4-6-18(14)22)19(23)13-7-8-16-17(10-13)21-12-20-16;5-3(6)1-2-4(7)8/h1,3-6,11-13H,7-10H2,(H,20,21);1-2H,(H,5,6)(H,7,8)/b;2-1+. The molecule has 0 amide bonds. The summed E-state index contributed by atoms with van der Waals surface area (Å²) in [5.41, 5.74) is 4.00. The fourth-order valence-electron chi connectivity index (χ4n) is 3.65. The van der Waals surface area contributed by atoms with Gasteiger partial charge in [-0.2, -0.15) is 0 Å². The first-order chi connectivity index (χ1) is 14.9. The second-order valence-corrected chi connectivity index (χ2v) is 7.03. The molecule has 158 valence electrons. The third-order valence-corrected chi connectivity index (χ3v) is 5.05. The molecule has 4 rings (SSSR count). The fourth-order valence-corrected chi connectivity index (χ4v) is 3.65. The summed E-state index contributed by atoms with van der Waals surface area (Å²) in [4.78, 5) is 39.7. The molecule has 1 atom stereocenters. The molecule has 8 nitrogen and oxygen atoms in total. The van der Waals surface area contributed by atoms with Crippen molar-refractivity contribution in [2.24, 2.45) is 5.92 Å². The van der Waals surface area contributed by atoms with Crippen LogP contribution in [-0.2, 0) is 29.0 Å². The number of aryl methyl sites for hydroxylation is 1. The number of aromatic nitrogens is 3. The number of aliphatic carboxylic acids is 2. The average Bonchev–Trinajstić information content (AvgIpc) is 3.37. The number of carboxylic acid groups (broad SMARTS) is 2. The number of imidazole rings is 1. The van der Waals surface area contributed by atoms with Crippen LogP contribution < -0.4 is 0 Å². The van der Waals surface area contributed by atoms with Gasteiger partial charge in [0.05, 0.1) is 18.6 Å². The summed E-state index contributed by atoms with van der Waals surface area (Å²) in [6.45, 7) is 0.474. The minimum Gasteiger partial charge on any atom is -0.478 e. The Bertz CT molecular complexity index is 1180. The molecule has 3 N–H and O–H groups in total. The molecule has 8 heteroatoms. The lowest BCUT2D eigenvalue weighted by molar-refractivity contribution is -0.134. The summed E-state index contributed by atoms with van der Waals surface area (Å²) in [6.07, 6.45) is 12.7. The van der Waals surface area contributed by atoms with Crippen LogP contribution in [0.1, 0.15) is 28.2 Å². The molecule has 0 fully saturated rings. The van der Waals surface area contributed by atoms with E-state index < -0.39 is 11.9 Å². The van der Waals surface area contributed by atoms with Gasteiger partial charge in [0.15, 0.2) is 5.78 Å². The molecular weight excluding hydrogens is 398 g/mol. The summed E-state index contributed by atoms with van der Waals surface area (Å²) < 4.78 is 1.98. The number of hydrogen-bond donors (Lipinski definition) is 3. The number of nitrogens with one attached hydrogen (secondary N) is 1. The molecule has 0 saturated carbocycles. The number of terminal acetylenes is 1. The maximum atomic E-state index is 13.1. The quantitative estimate of drug-likeness (QED) is 0.332. The summed E-state index contributed by atoms with van der Waals surface area (Å²) in [5.74, 6) is 0.337. The number of nitrogens with zero attached hydrogens (tertiary/aromatic N) is 2. The molecule has 0 aliphatic heterocycles. The van der Waals surface area contributed by atoms with Crippen LogP contribution in [0.5, 0.6) is 0 Å². The highest BCUT2D eigenvalue weighted by atomic mass is 16.4. The lowest BCUT2D eigenvalue weighted by Gasteiger charge is -2.19. The van der Waals surface area contributed by atoms with Gasteiger partial charge in [-0.05, 0) is 18.9 Å². The van der Waals surface area contributed by atoms with Crippen LogP contribution in [0, 0.1) is 18.3 Å². The van der Waals surface area contributed by atoms with E-state index in [0.717, 1.165) is 35.0 Å². The van der Waals surface area contributed by atoms with E-state index >= 15 is 0 Å². The molecule has 1 aromatic carbocycles. The van der Waals surface area contributed by atoms with Gasteiger partial charge in [0.25, 0.3) is 0 Å². The smallest absolute Gasteiger partial charge is 0.328 e. The van der Waals surface area contributed by atoms with E-state index in [1.165, 1.54) is 5.69 Å². The predicted molar refractivity (Wildman–Crippen MR) is 114 cm³/mol. The predicted octanol–water partition coefficient (Wildman–Crippen LogP) is 2.70. The van der Waals surface area contributed by atoms with Crippen molar-refractivity contribution in [2.75, 3.05) is 0 Å². The van der Waals surface area contributed by atoms with Crippen molar-refractivity contribution in [3.05, 3.63) is 65.9 Å². The normalized spacial score (nSPS) is 15.0. The monoisotopic (exact) mass is 419 g/mol. The van der Waals surface area contributed by atoms with E-state index in [0.29, 0.717) is 25.1 Å². The molecular formula is C23H21N3O5. The molecule has 0 spiro atoms. The van der Waals surface area contributed by atoms with Gasteiger partial charge in [0.2, 0.25) is 0 Å². The molecule has 2 aromatic heterocycles. The number of benzene rings is 1. The van der Waals surface area contributed by atoms with Crippen LogP contribution in [0.3, 0.4) is 0 Å². The number of rotatable bonds is 5. The van der Waals surface area contributed by atoms with Crippen LogP contribution in [0.4, 0.5) is 0 Å². The first kappa shape index (κ1) is 21.6. The van der Waals surface area contributed by atoms with Crippen molar-refractivity contribution in [1.29, 1.82) is 0 Å². The molecule has 1 aliphatic carbocycles. The first-order valence-corrected chi connectivity index (χ1v) is 9.61. The van der Waals surface area contributed by atoms with Crippen LogP contribution in [0.2, 0.25) is 0 Å². The number of fused-ring (bicyclic) bond motifs is 2. The summed E-state index contributed by atoms with van der Waals surface area (Å²) in [7, 11) is 0. The number of carbonyl (C=O) groups is 3. The third-order valence-electron chi connectivity index (χ3n) is 5.05. The van der Waals surface area contributed by atoms with Gasteiger partial charge < -0.3 is 19.8 Å². The second-order valence-electron chi connectivity index (χ2n) is 7.03. The Balaban J connectivity index is 0.000000293. The largest absolute Gasteiger partial charge is 0.478 e. The topological polar surface area (TPSA) is 125 Å². The zero-order chi connectivity index (χ0) is 22.4. The highest BCUT2D eigenvalue weighted by molar-refractivity contribution is 6.09. The van der Waals surface area contributed by atoms with E-state index in [1.54, 1.807) is 6.33 Å². The lowest BCUT2D eigenvalue weighted by atomic mass is 9.84. The summed E-state index contributed by atoms with van der Waals surface area (Å²) in [5, 5.41) is 16.6. The zero-order valence-electron chi connectivity index (χ0n) is 16.6. The molecule has 0 saturated heterocycles. The van der Waals surface area contributed by atoms with Gasteiger partial charge in [-0.3, -0.25) is 4.79 Å². The van der Waals surface area contributed by atoms with E-state index in [4.69, 9.17) is 16.6 Å². The third kappa shape index (κ3) is 5.08. The van der Waals surface area contributed by atoms with Gasteiger partial charge >= 0.3 is 11.9 Å². The molecule has 1 unspecified atom stereocenters. The Morgan fingerprint density at radius 1 is 1.23 bits per heavy atom. The molecule has 2 heterocycles. The Labute approximate surface area is 178 Å². The first-order valence-electron chi connectivity index (χ1n) is 9.61. The Morgan fingerprint density at radius 3 is 2.61 bits per heavy atom. The number of Topliss-reactive ketones (excluding diaryl/α,β-unsaturated/α-hetero) is 1. The van der Waals surface area contributed by atoms with Crippen molar-refractivity contribution in [1.82, 2.24) is 14.5 Å². The average molecular weight is 419 g/mol. The molecule has 31 heavy (non-hydrogen) atoms. The molecule has 3 aromatic rings. The van der Waals surface area contributed by atoms with Gasteiger partial charge in [0.1, 0.15) is 0 Å². The van der Waals surface area contributed by atoms with Crippen LogP contribution in [0.25, 0.3) is 10.9 Å². The lowest BCUT2D eigenvalue weighted by Crippen LogP contribution is -2.22. The van der Waals surface area contributed by atoms with Gasteiger partial charge in [-0.15, -0.1) is 6.42 Å². The van der Waals surface area contributed by atoms with E-state index in [2.05, 4.69) is 15.9 Å². The number of aromatic amines is 1. The zero-order valence-corrected chi connectivity index (χ0v) is 16.6. The molecule has 1 aliphatic rings. The van der Waals surface area contributed by atoms with Gasteiger partial charge in [-0.1, -0.05) is 24.1 Å². The van der Waals surface area contributed by atoms with Crippen LogP contribution in [0.15, 0.2) is 48.9 Å². The Hall–Kier alpha value is -4.12. The molecule has 0 bridgehead atoms. The summed E-state index contributed by atoms with van der Waals surface area (Å²) >= 11 is 0. The van der Waals surface area contributed by atoms with E-state index in [9.17, 15) is 14.4 Å². The fraction of sp³-hybridized carbons (Fsp3) is 0.217. The number of H-pyrrole nitrogens is 1. The van der Waals surface area contributed by atoms with Crippen molar-refractivity contribution < 1.29 is 24.6 Å². The molecule has 0 radical (unpaired) electrons. The van der Waals surface area contributed by atoms with Gasteiger partial charge in [-0.25, -0.2) is 14.6 Å². The van der Waals surface area contributed by atoms with Gasteiger partial charge in [0, 0.05) is 52.8 Å². The SMILES string of the molecule is C#CCn1cc(C(=O)C2CCc3[nH]cnc3C2)c2ccccc21.O=C(O)/C=C/C(=O)O. The number of hydrogen-bond acceptors (Lipinski definition) is 4. The second kappa shape index (κ2) is 9.59. The summed E-state index contributed by atoms with van der Waals surface area (Å²) in [6, 6.07) is 7.95. The number of carboxylic acids is 2.